The van der Waals surface area contributed by atoms with Gasteiger partial charge in [-0.25, -0.2) is 19.0 Å². The van der Waals surface area contributed by atoms with Gasteiger partial charge in [0.15, 0.2) is 0 Å². The summed E-state index contributed by atoms with van der Waals surface area (Å²) in [5.41, 5.74) is -0.0277. The van der Waals surface area contributed by atoms with E-state index < -0.39 is 29.7 Å². The summed E-state index contributed by atoms with van der Waals surface area (Å²) in [5, 5.41) is 0. The fourth-order valence-corrected chi connectivity index (χ4v) is 2.67. The van der Waals surface area contributed by atoms with E-state index in [9.17, 15) is 19.2 Å². The Kier molecular flexibility index (Phi) is 6.03. The van der Waals surface area contributed by atoms with Crippen molar-refractivity contribution >= 4 is 11.9 Å². The molecule has 8 heteroatoms. The van der Waals surface area contributed by atoms with E-state index in [0.717, 1.165) is 10.1 Å². The van der Waals surface area contributed by atoms with Crippen molar-refractivity contribution in [3.05, 3.63) is 98.8 Å². The van der Waals surface area contributed by atoms with E-state index in [1.165, 1.54) is 48.2 Å². The number of carbonyl (C=O) groups is 2. The van der Waals surface area contributed by atoms with Crippen LogP contribution in [0.15, 0.2) is 76.4 Å². The molecule has 0 bridgehead atoms. The van der Waals surface area contributed by atoms with E-state index in [-0.39, 0.29) is 12.3 Å². The molecule has 0 radical (unpaired) electrons. The van der Waals surface area contributed by atoms with E-state index in [4.69, 9.17) is 4.74 Å². The zero-order valence-corrected chi connectivity index (χ0v) is 15.6. The van der Waals surface area contributed by atoms with Crippen molar-refractivity contribution in [1.29, 1.82) is 0 Å². The van der Waals surface area contributed by atoms with Crippen LogP contribution in [0.3, 0.4) is 0 Å². The Labute approximate surface area is 165 Å². The van der Waals surface area contributed by atoms with Crippen LogP contribution in [0, 0.1) is 0 Å². The van der Waals surface area contributed by atoms with Gasteiger partial charge in [-0.1, -0.05) is 30.3 Å². The minimum absolute atomic E-state index is 0.177. The number of hydrogen-bond donors (Lipinski definition) is 0. The first-order chi connectivity index (χ1) is 14.0. The lowest BCUT2D eigenvalue weighted by Crippen LogP contribution is -2.41. The number of benzene rings is 2. The standard InChI is InChI=1S/C21H18N2O6/c1-28-20(26)16-7-9-17(10-8-16)29-19(25)14-23-18(24)11-12-22(21(23)27)13-15-5-3-2-4-6-15/h2-12H,13-14H2,1H3. The summed E-state index contributed by atoms with van der Waals surface area (Å²) in [4.78, 5) is 48.3. The summed E-state index contributed by atoms with van der Waals surface area (Å²) in [6, 6.07) is 16.2. The van der Waals surface area contributed by atoms with E-state index >= 15 is 0 Å². The predicted octanol–water partition coefficient (Wildman–Crippen LogP) is 1.45. The molecule has 2 aromatic carbocycles. The van der Waals surface area contributed by atoms with Crippen molar-refractivity contribution in [1.82, 2.24) is 9.13 Å². The fourth-order valence-electron chi connectivity index (χ4n) is 2.67. The molecule has 8 nitrogen and oxygen atoms in total. The van der Waals surface area contributed by atoms with Crippen molar-refractivity contribution in [3.63, 3.8) is 0 Å². The Hall–Kier alpha value is -3.94. The molecule has 29 heavy (non-hydrogen) atoms. The highest BCUT2D eigenvalue weighted by atomic mass is 16.5. The highest BCUT2D eigenvalue weighted by Crippen LogP contribution is 2.13. The second-order valence-corrected chi connectivity index (χ2v) is 6.13. The number of esters is 2. The molecule has 0 N–H and O–H groups in total. The molecule has 0 atom stereocenters. The van der Waals surface area contributed by atoms with Crippen LogP contribution in [0.1, 0.15) is 15.9 Å². The third-order valence-electron chi connectivity index (χ3n) is 4.13. The molecule has 1 heterocycles. The topological polar surface area (TPSA) is 96.6 Å². The van der Waals surface area contributed by atoms with Crippen LogP contribution >= 0.6 is 0 Å². The third-order valence-corrected chi connectivity index (χ3v) is 4.13. The van der Waals surface area contributed by atoms with Crippen molar-refractivity contribution in [2.75, 3.05) is 7.11 Å². The monoisotopic (exact) mass is 394 g/mol. The number of hydrogen-bond acceptors (Lipinski definition) is 6. The molecule has 3 aromatic rings. The molecule has 0 aliphatic rings. The number of rotatable bonds is 6. The minimum Gasteiger partial charge on any atom is -0.465 e. The van der Waals surface area contributed by atoms with Crippen molar-refractivity contribution < 1.29 is 19.1 Å². The van der Waals surface area contributed by atoms with Crippen LogP contribution in [0.2, 0.25) is 0 Å². The summed E-state index contributed by atoms with van der Waals surface area (Å²) in [6.07, 6.45) is 1.39. The van der Waals surface area contributed by atoms with Crippen LogP contribution in [0.5, 0.6) is 5.75 Å². The van der Waals surface area contributed by atoms with Gasteiger partial charge in [0.2, 0.25) is 0 Å². The van der Waals surface area contributed by atoms with Gasteiger partial charge < -0.3 is 9.47 Å². The molecular weight excluding hydrogens is 376 g/mol. The maximum atomic E-state index is 12.6. The highest BCUT2D eigenvalue weighted by Gasteiger charge is 2.13. The van der Waals surface area contributed by atoms with Gasteiger partial charge in [-0.15, -0.1) is 0 Å². The summed E-state index contributed by atoms with van der Waals surface area (Å²) < 4.78 is 11.9. The summed E-state index contributed by atoms with van der Waals surface area (Å²) in [7, 11) is 1.26. The molecular formula is C21H18N2O6. The van der Waals surface area contributed by atoms with Gasteiger partial charge in [0.25, 0.3) is 5.56 Å². The third kappa shape index (κ3) is 4.86. The molecule has 1 aromatic heterocycles. The Bertz CT molecular complexity index is 1130. The molecule has 0 aliphatic carbocycles. The second kappa shape index (κ2) is 8.83. The Morgan fingerprint density at radius 3 is 2.28 bits per heavy atom. The van der Waals surface area contributed by atoms with Gasteiger partial charge in [0, 0.05) is 12.3 Å². The molecule has 0 unspecified atom stereocenters. The normalized spacial score (nSPS) is 10.4. The first-order valence-electron chi connectivity index (χ1n) is 8.71. The van der Waals surface area contributed by atoms with E-state index in [1.807, 2.05) is 30.3 Å². The van der Waals surface area contributed by atoms with Crippen molar-refractivity contribution in [2.45, 2.75) is 13.1 Å². The summed E-state index contributed by atoms with van der Waals surface area (Å²) in [6.45, 7) is -0.268. The zero-order chi connectivity index (χ0) is 20.8. The fraction of sp³-hybridized carbons (Fsp3) is 0.143. The van der Waals surface area contributed by atoms with Crippen LogP contribution in [-0.4, -0.2) is 28.2 Å². The summed E-state index contributed by atoms with van der Waals surface area (Å²) >= 11 is 0. The lowest BCUT2D eigenvalue weighted by Gasteiger charge is -2.10. The number of nitrogens with zero attached hydrogens (tertiary/aromatic N) is 2. The Morgan fingerprint density at radius 2 is 1.62 bits per heavy atom. The van der Waals surface area contributed by atoms with Crippen LogP contribution < -0.4 is 16.0 Å². The van der Waals surface area contributed by atoms with E-state index in [0.29, 0.717) is 5.56 Å². The van der Waals surface area contributed by atoms with Crippen LogP contribution in [0.25, 0.3) is 0 Å². The van der Waals surface area contributed by atoms with Crippen molar-refractivity contribution in [2.24, 2.45) is 0 Å². The minimum atomic E-state index is -0.785. The number of ether oxygens (including phenoxy) is 2. The Morgan fingerprint density at radius 1 is 0.931 bits per heavy atom. The first-order valence-corrected chi connectivity index (χ1v) is 8.71. The average molecular weight is 394 g/mol. The van der Waals surface area contributed by atoms with Crippen molar-refractivity contribution in [3.8, 4) is 5.75 Å². The molecule has 0 saturated carbocycles. The lowest BCUT2D eigenvalue weighted by molar-refractivity contribution is -0.135. The summed E-state index contributed by atoms with van der Waals surface area (Å²) in [5.74, 6) is -1.12. The number of aromatic nitrogens is 2. The number of carbonyl (C=O) groups excluding carboxylic acids is 2. The molecule has 0 fully saturated rings. The molecule has 148 valence electrons. The first kappa shape index (κ1) is 19.8. The maximum absolute atomic E-state index is 12.6. The predicted molar refractivity (Wildman–Crippen MR) is 104 cm³/mol. The average Bonchev–Trinajstić information content (AvgIpc) is 2.74. The van der Waals surface area contributed by atoms with Gasteiger partial charge in [-0.2, -0.15) is 0 Å². The van der Waals surface area contributed by atoms with Gasteiger partial charge >= 0.3 is 17.6 Å². The molecule has 0 aliphatic heterocycles. The van der Waals surface area contributed by atoms with E-state index in [2.05, 4.69) is 4.74 Å². The zero-order valence-electron chi connectivity index (χ0n) is 15.6. The molecule has 0 spiro atoms. The largest absolute Gasteiger partial charge is 0.465 e. The molecule has 0 amide bonds. The highest BCUT2D eigenvalue weighted by molar-refractivity contribution is 5.89. The van der Waals surface area contributed by atoms with Gasteiger partial charge in [-0.3, -0.25) is 9.36 Å². The van der Waals surface area contributed by atoms with Gasteiger partial charge in [0.1, 0.15) is 12.3 Å². The smallest absolute Gasteiger partial charge is 0.337 e. The number of methoxy groups -OCH3 is 1. The van der Waals surface area contributed by atoms with Gasteiger partial charge in [-0.05, 0) is 29.8 Å². The lowest BCUT2D eigenvalue weighted by atomic mass is 10.2. The second-order valence-electron chi connectivity index (χ2n) is 6.13. The quantitative estimate of drug-likeness (QED) is 0.464. The molecule has 0 saturated heterocycles. The van der Waals surface area contributed by atoms with Crippen LogP contribution in [-0.2, 0) is 22.6 Å². The van der Waals surface area contributed by atoms with E-state index in [1.54, 1.807) is 0 Å². The molecule has 3 rings (SSSR count). The maximum Gasteiger partial charge on any atom is 0.337 e. The SMILES string of the molecule is COC(=O)c1ccc(OC(=O)Cn2c(=O)ccn(Cc3ccccc3)c2=O)cc1. The van der Waals surface area contributed by atoms with Crippen LogP contribution in [0.4, 0.5) is 0 Å². The Balaban J connectivity index is 1.74. The van der Waals surface area contributed by atoms with Gasteiger partial charge in [0.05, 0.1) is 19.2 Å².